The van der Waals surface area contributed by atoms with Crippen LogP contribution < -0.4 is 4.74 Å². The smallest absolute Gasteiger partial charge is 0.123 e. The third-order valence-corrected chi connectivity index (χ3v) is 5.57. The highest BCUT2D eigenvalue weighted by Gasteiger charge is 2.18. The summed E-state index contributed by atoms with van der Waals surface area (Å²) >= 11 is 0. The second kappa shape index (κ2) is 6.95. The number of rotatable bonds is 3. The molecular formula is C25H20FN3O. The summed E-state index contributed by atoms with van der Waals surface area (Å²) < 4.78 is 20.9. The zero-order valence-electron chi connectivity index (χ0n) is 17.0. The first-order valence-corrected chi connectivity index (χ1v) is 9.74. The summed E-state index contributed by atoms with van der Waals surface area (Å²) in [7, 11) is 1.65. The number of hydrogen-bond acceptors (Lipinski definition) is 3. The summed E-state index contributed by atoms with van der Waals surface area (Å²) in [5.41, 5.74) is 6.84. The fraction of sp³-hybridized carbons (Fsp3) is 0.120. The van der Waals surface area contributed by atoms with E-state index in [1.54, 1.807) is 19.2 Å². The number of pyridine rings is 1. The summed E-state index contributed by atoms with van der Waals surface area (Å²) in [6.07, 6.45) is 1.86. The average molecular weight is 397 g/mol. The van der Waals surface area contributed by atoms with Crippen LogP contribution in [0.4, 0.5) is 4.39 Å². The Hall–Kier alpha value is -3.73. The van der Waals surface area contributed by atoms with Gasteiger partial charge in [0.15, 0.2) is 0 Å². The molecule has 0 atom stereocenters. The lowest BCUT2D eigenvalue weighted by molar-refractivity contribution is 0.415. The highest BCUT2D eigenvalue weighted by Crippen LogP contribution is 2.35. The molecule has 0 spiro atoms. The summed E-state index contributed by atoms with van der Waals surface area (Å²) in [6, 6.07) is 18.5. The highest BCUT2D eigenvalue weighted by atomic mass is 19.1. The normalized spacial score (nSPS) is 11.3. The van der Waals surface area contributed by atoms with Crippen LogP contribution in [-0.4, -0.2) is 21.9 Å². The van der Waals surface area contributed by atoms with Gasteiger partial charge in [-0.25, -0.2) is 9.07 Å². The topological polar surface area (TPSA) is 39.9 Å². The quantitative estimate of drug-likeness (QED) is 0.375. The molecule has 5 aromatic rings. The van der Waals surface area contributed by atoms with E-state index in [-0.39, 0.29) is 5.82 Å². The molecule has 0 radical (unpaired) electrons. The third-order valence-electron chi connectivity index (χ3n) is 5.57. The van der Waals surface area contributed by atoms with Gasteiger partial charge >= 0.3 is 0 Å². The van der Waals surface area contributed by atoms with E-state index in [9.17, 15) is 4.39 Å². The maximum absolute atomic E-state index is 13.6. The molecule has 0 unspecified atom stereocenters. The Bertz CT molecular complexity index is 1400. The Morgan fingerprint density at radius 3 is 2.40 bits per heavy atom. The van der Waals surface area contributed by atoms with Crippen LogP contribution in [0.15, 0.2) is 66.9 Å². The monoisotopic (exact) mass is 397 g/mol. The van der Waals surface area contributed by atoms with E-state index in [0.29, 0.717) is 0 Å². The zero-order chi connectivity index (χ0) is 20.8. The van der Waals surface area contributed by atoms with Crippen molar-refractivity contribution in [2.45, 2.75) is 13.8 Å². The van der Waals surface area contributed by atoms with Crippen LogP contribution in [0, 0.1) is 19.7 Å². The van der Waals surface area contributed by atoms with Gasteiger partial charge in [0, 0.05) is 22.5 Å². The maximum atomic E-state index is 13.6. The third kappa shape index (κ3) is 2.90. The molecule has 0 fully saturated rings. The van der Waals surface area contributed by atoms with E-state index in [4.69, 9.17) is 9.84 Å². The molecule has 0 N–H and O–H groups in total. The van der Waals surface area contributed by atoms with E-state index in [0.717, 1.165) is 44.5 Å². The molecular weight excluding hydrogens is 377 g/mol. The Balaban J connectivity index is 1.89. The molecule has 0 amide bonds. The number of ether oxygens (including phenoxy) is 1. The second-order valence-corrected chi connectivity index (χ2v) is 7.44. The lowest BCUT2D eigenvalue weighted by atomic mass is 10.0. The van der Waals surface area contributed by atoms with Crippen LogP contribution in [0.25, 0.3) is 38.8 Å². The second-order valence-electron chi connectivity index (χ2n) is 7.44. The van der Waals surface area contributed by atoms with Gasteiger partial charge in [-0.2, -0.15) is 5.10 Å². The standard InChI is InChI=1S/C25H20FN3O/c1-15-4-5-17(12-16(15)2)24-22-14-27-23-11-10-20(30-3)13-21(23)25(22)29(28-24)19-8-6-18(26)7-9-19/h4-14H,1-3H3. The van der Waals surface area contributed by atoms with Crippen LogP contribution in [-0.2, 0) is 0 Å². The molecule has 30 heavy (non-hydrogen) atoms. The van der Waals surface area contributed by atoms with Crippen molar-refractivity contribution in [2.75, 3.05) is 7.11 Å². The molecule has 4 nitrogen and oxygen atoms in total. The highest BCUT2D eigenvalue weighted by molar-refractivity contribution is 6.09. The summed E-state index contributed by atoms with van der Waals surface area (Å²) in [5.74, 6) is 0.467. The number of benzene rings is 3. The number of hydrogen-bond donors (Lipinski definition) is 0. The van der Waals surface area contributed by atoms with Crippen molar-refractivity contribution < 1.29 is 9.13 Å². The van der Waals surface area contributed by atoms with Gasteiger partial charge in [0.2, 0.25) is 0 Å². The molecule has 0 aliphatic carbocycles. The Labute approximate surface area is 173 Å². The molecule has 5 rings (SSSR count). The predicted octanol–water partition coefficient (Wildman–Crippen LogP) is 6.01. The predicted molar refractivity (Wildman–Crippen MR) is 118 cm³/mol. The molecule has 3 aromatic carbocycles. The molecule has 148 valence electrons. The van der Waals surface area contributed by atoms with Crippen molar-refractivity contribution in [3.05, 3.63) is 83.8 Å². The molecule has 0 aliphatic rings. The van der Waals surface area contributed by atoms with Crippen molar-refractivity contribution in [1.82, 2.24) is 14.8 Å². The van der Waals surface area contributed by atoms with E-state index >= 15 is 0 Å². The molecule has 5 heteroatoms. The van der Waals surface area contributed by atoms with Crippen molar-refractivity contribution in [3.63, 3.8) is 0 Å². The fourth-order valence-electron chi connectivity index (χ4n) is 3.76. The first-order chi connectivity index (χ1) is 14.5. The van der Waals surface area contributed by atoms with Crippen LogP contribution in [0.1, 0.15) is 11.1 Å². The summed E-state index contributed by atoms with van der Waals surface area (Å²) in [5, 5.41) is 6.81. The van der Waals surface area contributed by atoms with Gasteiger partial charge < -0.3 is 4.74 Å². The Kier molecular flexibility index (Phi) is 4.24. The zero-order valence-corrected chi connectivity index (χ0v) is 17.0. The number of fused-ring (bicyclic) bond motifs is 3. The van der Waals surface area contributed by atoms with Gasteiger partial charge in [-0.3, -0.25) is 4.98 Å². The van der Waals surface area contributed by atoms with Gasteiger partial charge in [0.1, 0.15) is 17.3 Å². The van der Waals surface area contributed by atoms with Gasteiger partial charge in [-0.15, -0.1) is 0 Å². The van der Waals surface area contributed by atoms with Crippen molar-refractivity contribution in [3.8, 4) is 22.7 Å². The molecule has 0 aliphatic heterocycles. The van der Waals surface area contributed by atoms with E-state index in [1.165, 1.54) is 23.3 Å². The summed E-state index contributed by atoms with van der Waals surface area (Å²) in [6.45, 7) is 4.19. The summed E-state index contributed by atoms with van der Waals surface area (Å²) in [4.78, 5) is 4.66. The minimum absolute atomic E-state index is 0.280. The van der Waals surface area contributed by atoms with Gasteiger partial charge in [-0.1, -0.05) is 12.1 Å². The van der Waals surface area contributed by atoms with Crippen LogP contribution in [0.3, 0.4) is 0 Å². The minimum Gasteiger partial charge on any atom is -0.497 e. The van der Waals surface area contributed by atoms with E-state index < -0.39 is 0 Å². The van der Waals surface area contributed by atoms with Crippen molar-refractivity contribution >= 4 is 21.8 Å². The fourth-order valence-corrected chi connectivity index (χ4v) is 3.76. The molecule has 0 saturated heterocycles. The van der Waals surface area contributed by atoms with Crippen LogP contribution in [0.2, 0.25) is 0 Å². The molecule has 0 saturated carbocycles. The van der Waals surface area contributed by atoms with E-state index in [1.807, 2.05) is 29.1 Å². The van der Waals surface area contributed by atoms with Crippen LogP contribution in [0.5, 0.6) is 5.75 Å². The number of nitrogens with zero attached hydrogens (tertiary/aromatic N) is 3. The SMILES string of the molecule is COc1ccc2ncc3c(-c4ccc(C)c(C)c4)nn(-c4ccc(F)cc4)c3c2c1. The first-order valence-electron chi connectivity index (χ1n) is 9.74. The Morgan fingerprint density at radius 2 is 1.67 bits per heavy atom. The first kappa shape index (κ1) is 18.3. The van der Waals surface area contributed by atoms with E-state index in [2.05, 4.69) is 37.0 Å². The Morgan fingerprint density at radius 1 is 0.867 bits per heavy atom. The van der Waals surface area contributed by atoms with Crippen LogP contribution >= 0.6 is 0 Å². The molecule has 0 bridgehead atoms. The average Bonchev–Trinajstić information content (AvgIpc) is 3.16. The van der Waals surface area contributed by atoms with Crippen molar-refractivity contribution in [1.29, 1.82) is 0 Å². The van der Waals surface area contributed by atoms with Gasteiger partial charge in [0.25, 0.3) is 0 Å². The number of aryl methyl sites for hydroxylation is 2. The lowest BCUT2D eigenvalue weighted by Gasteiger charge is -2.07. The molecule has 2 heterocycles. The lowest BCUT2D eigenvalue weighted by Crippen LogP contribution is -1.97. The number of aromatic nitrogens is 3. The number of methoxy groups -OCH3 is 1. The van der Waals surface area contributed by atoms with Gasteiger partial charge in [0.05, 0.1) is 23.8 Å². The largest absolute Gasteiger partial charge is 0.497 e. The van der Waals surface area contributed by atoms with Gasteiger partial charge in [-0.05, 0) is 73.5 Å². The minimum atomic E-state index is -0.280. The molecule has 2 aromatic heterocycles. The number of halogens is 1. The van der Waals surface area contributed by atoms with Crippen molar-refractivity contribution in [2.24, 2.45) is 0 Å². The maximum Gasteiger partial charge on any atom is 0.123 e.